The number of benzene rings is 1. The minimum atomic E-state index is -0.762. The maximum atomic E-state index is 12.2. The molecule has 5 nitrogen and oxygen atoms in total. The van der Waals surface area contributed by atoms with Gasteiger partial charge in [-0.3, -0.25) is 4.79 Å². The molecule has 0 aromatic heterocycles. The van der Waals surface area contributed by atoms with Gasteiger partial charge in [-0.25, -0.2) is 4.79 Å². The second-order valence-corrected chi connectivity index (χ2v) is 6.30. The predicted octanol–water partition coefficient (Wildman–Crippen LogP) is 3.48. The SMILES string of the molecule is Cc1ccc(Br)c(NC(=O)N2CCC(CC(=O)O)CC2)c1. The van der Waals surface area contributed by atoms with Crippen LogP contribution in [0.25, 0.3) is 0 Å². The minimum absolute atomic E-state index is 0.130. The average Bonchev–Trinajstić information content (AvgIpc) is 2.43. The van der Waals surface area contributed by atoms with E-state index in [2.05, 4.69) is 21.2 Å². The highest BCUT2D eigenvalue weighted by atomic mass is 79.9. The van der Waals surface area contributed by atoms with Crippen molar-refractivity contribution in [2.75, 3.05) is 18.4 Å². The number of urea groups is 1. The molecule has 1 heterocycles. The molecule has 1 aromatic carbocycles. The lowest BCUT2D eigenvalue weighted by Crippen LogP contribution is -2.41. The number of carbonyl (C=O) groups excluding carboxylic acids is 1. The number of aryl methyl sites for hydroxylation is 1. The number of anilines is 1. The van der Waals surface area contributed by atoms with Gasteiger partial charge in [-0.1, -0.05) is 6.07 Å². The summed E-state index contributed by atoms with van der Waals surface area (Å²) in [7, 11) is 0. The molecule has 0 spiro atoms. The van der Waals surface area contributed by atoms with Crippen LogP contribution in [0, 0.1) is 12.8 Å². The molecule has 114 valence electrons. The summed E-state index contributed by atoms with van der Waals surface area (Å²) in [5.74, 6) is -0.584. The van der Waals surface area contributed by atoms with Gasteiger partial charge >= 0.3 is 12.0 Å². The van der Waals surface area contributed by atoms with Crippen LogP contribution in [0.1, 0.15) is 24.8 Å². The first-order valence-corrected chi connectivity index (χ1v) is 7.79. The third kappa shape index (κ3) is 4.46. The van der Waals surface area contributed by atoms with Gasteiger partial charge in [-0.2, -0.15) is 0 Å². The van der Waals surface area contributed by atoms with Crippen LogP contribution in [-0.4, -0.2) is 35.1 Å². The van der Waals surface area contributed by atoms with E-state index in [1.807, 2.05) is 25.1 Å². The van der Waals surface area contributed by atoms with Gasteiger partial charge in [0.05, 0.1) is 5.69 Å². The van der Waals surface area contributed by atoms with Crippen LogP contribution >= 0.6 is 15.9 Å². The van der Waals surface area contributed by atoms with E-state index in [9.17, 15) is 9.59 Å². The second-order valence-electron chi connectivity index (χ2n) is 5.44. The van der Waals surface area contributed by atoms with Crippen molar-refractivity contribution >= 4 is 33.6 Å². The molecule has 1 aliphatic heterocycles. The Morgan fingerprint density at radius 1 is 1.38 bits per heavy atom. The number of likely N-dealkylation sites (tertiary alicyclic amines) is 1. The van der Waals surface area contributed by atoms with E-state index in [-0.39, 0.29) is 18.4 Å². The molecule has 0 unspecified atom stereocenters. The average molecular weight is 355 g/mol. The molecule has 0 bridgehead atoms. The summed E-state index contributed by atoms with van der Waals surface area (Å²) in [4.78, 5) is 24.7. The van der Waals surface area contributed by atoms with Gasteiger partial charge in [-0.05, 0) is 59.3 Å². The number of nitrogens with zero attached hydrogens (tertiary/aromatic N) is 1. The highest BCUT2D eigenvalue weighted by Crippen LogP contribution is 2.25. The van der Waals surface area contributed by atoms with E-state index < -0.39 is 5.97 Å². The summed E-state index contributed by atoms with van der Waals surface area (Å²) in [6.45, 7) is 3.18. The van der Waals surface area contributed by atoms with Gasteiger partial charge in [0, 0.05) is 24.0 Å². The van der Waals surface area contributed by atoms with Crippen LogP contribution in [0.3, 0.4) is 0 Å². The topological polar surface area (TPSA) is 69.6 Å². The summed E-state index contributed by atoms with van der Waals surface area (Å²) in [6.07, 6.45) is 1.68. The number of piperidine rings is 1. The molecule has 1 saturated heterocycles. The molecule has 1 aliphatic rings. The highest BCUT2D eigenvalue weighted by molar-refractivity contribution is 9.10. The summed E-state index contributed by atoms with van der Waals surface area (Å²) in [5, 5.41) is 11.7. The lowest BCUT2D eigenvalue weighted by Gasteiger charge is -2.31. The van der Waals surface area contributed by atoms with Crippen molar-refractivity contribution in [1.82, 2.24) is 4.90 Å². The Balaban J connectivity index is 1.90. The number of rotatable bonds is 3. The van der Waals surface area contributed by atoms with Crippen LogP contribution in [-0.2, 0) is 4.79 Å². The smallest absolute Gasteiger partial charge is 0.321 e. The summed E-state index contributed by atoms with van der Waals surface area (Å²) < 4.78 is 0.849. The Hall–Kier alpha value is -1.56. The Bertz CT molecular complexity index is 540. The van der Waals surface area contributed by atoms with E-state index in [0.717, 1.165) is 28.6 Å². The van der Waals surface area contributed by atoms with E-state index in [1.165, 1.54) is 0 Å². The zero-order chi connectivity index (χ0) is 15.4. The summed E-state index contributed by atoms with van der Waals surface area (Å²) in [6, 6.07) is 5.66. The molecular formula is C15H19BrN2O3. The number of aliphatic carboxylic acids is 1. The lowest BCUT2D eigenvalue weighted by molar-refractivity contribution is -0.138. The van der Waals surface area contributed by atoms with Crippen molar-refractivity contribution in [2.24, 2.45) is 5.92 Å². The van der Waals surface area contributed by atoms with Crippen LogP contribution in [0.5, 0.6) is 0 Å². The first-order valence-electron chi connectivity index (χ1n) is 6.99. The fraction of sp³-hybridized carbons (Fsp3) is 0.467. The van der Waals surface area contributed by atoms with Gasteiger partial charge in [0.15, 0.2) is 0 Å². The van der Waals surface area contributed by atoms with Gasteiger partial charge in [0.1, 0.15) is 0 Å². The van der Waals surface area contributed by atoms with Gasteiger partial charge in [0.25, 0.3) is 0 Å². The van der Waals surface area contributed by atoms with E-state index in [0.29, 0.717) is 13.1 Å². The molecular weight excluding hydrogens is 336 g/mol. The number of hydrogen-bond donors (Lipinski definition) is 2. The van der Waals surface area contributed by atoms with Gasteiger partial charge < -0.3 is 15.3 Å². The molecule has 2 N–H and O–H groups in total. The van der Waals surface area contributed by atoms with E-state index in [1.54, 1.807) is 4.90 Å². The minimum Gasteiger partial charge on any atom is -0.481 e. The van der Waals surface area contributed by atoms with E-state index in [4.69, 9.17) is 5.11 Å². The van der Waals surface area contributed by atoms with Crippen LogP contribution in [0.2, 0.25) is 0 Å². The first-order chi connectivity index (χ1) is 9.95. The number of carboxylic acid groups (broad SMARTS) is 1. The maximum absolute atomic E-state index is 12.2. The third-order valence-corrected chi connectivity index (χ3v) is 4.42. The van der Waals surface area contributed by atoms with Gasteiger partial charge in [0.2, 0.25) is 0 Å². The number of nitrogens with one attached hydrogen (secondary N) is 1. The molecule has 2 amide bonds. The lowest BCUT2D eigenvalue weighted by atomic mass is 9.94. The maximum Gasteiger partial charge on any atom is 0.321 e. The largest absolute Gasteiger partial charge is 0.481 e. The quantitative estimate of drug-likeness (QED) is 0.872. The first kappa shape index (κ1) is 15.8. The Kier molecular flexibility index (Phi) is 5.22. The highest BCUT2D eigenvalue weighted by Gasteiger charge is 2.24. The van der Waals surface area contributed by atoms with Crippen molar-refractivity contribution < 1.29 is 14.7 Å². The Labute approximate surface area is 132 Å². The number of carbonyl (C=O) groups is 2. The van der Waals surface area contributed by atoms with E-state index >= 15 is 0 Å². The number of amides is 2. The molecule has 0 aliphatic carbocycles. The Morgan fingerprint density at radius 3 is 2.67 bits per heavy atom. The standard InChI is InChI=1S/C15H19BrN2O3/c1-10-2-3-12(16)13(8-10)17-15(21)18-6-4-11(5-7-18)9-14(19)20/h2-3,8,11H,4-7,9H2,1H3,(H,17,21)(H,19,20). The number of hydrogen-bond acceptors (Lipinski definition) is 2. The number of halogens is 1. The molecule has 1 aromatic rings. The van der Waals surface area contributed by atoms with Crippen molar-refractivity contribution in [1.29, 1.82) is 0 Å². The third-order valence-electron chi connectivity index (χ3n) is 3.73. The van der Waals surface area contributed by atoms with Crippen LogP contribution in [0.15, 0.2) is 22.7 Å². The van der Waals surface area contributed by atoms with Crippen LogP contribution < -0.4 is 5.32 Å². The predicted molar refractivity (Wildman–Crippen MR) is 84.4 cm³/mol. The Morgan fingerprint density at radius 2 is 2.05 bits per heavy atom. The fourth-order valence-corrected chi connectivity index (χ4v) is 2.86. The zero-order valence-corrected chi connectivity index (χ0v) is 13.5. The molecule has 0 atom stereocenters. The van der Waals surface area contributed by atoms with Crippen molar-refractivity contribution in [3.8, 4) is 0 Å². The normalized spacial score (nSPS) is 15.8. The summed E-state index contributed by atoms with van der Waals surface area (Å²) >= 11 is 3.42. The molecule has 1 fully saturated rings. The zero-order valence-electron chi connectivity index (χ0n) is 11.9. The fourth-order valence-electron chi connectivity index (χ4n) is 2.52. The summed E-state index contributed by atoms with van der Waals surface area (Å²) in [5.41, 5.74) is 1.83. The molecule has 2 rings (SSSR count). The van der Waals surface area contributed by atoms with Crippen molar-refractivity contribution in [3.05, 3.63) is 28.2 Å². The monoisotopic (exact) mass is 354 g/mol. The van der Waals surface area contributed by atoms with Gasteiger partial charge in [-0.15, -0.1) is 0 Å². The van der Waals surface area contributed by atoms with Crippen molar-refractivity contribution in [2.45, 2.75) is 26.2 Å². The molecule has 6 heteroatoms. The second kappa shape index (κ2) is 6.93. The molecule has 0 radical (unpaired) electrons. The van der Waals surface area contributed by atoms with Crippen LogP contribution in [0.4, 0.5) is 10.5 Å². The molecule has 21 heavy (non-hydrogen) atoms. The molecule has 0 saturated carbocycles. The number of carboxylic acids is 1. The van der Waals surface area contributed by atoms with Crippen molar-refractivity contribution in [3.63, 3.8) is 0 Å².